The molecule has 1 aromatic rings. The molecule has 102 valence electrons. The van der Waals surface area contributed by atoms with Crippen molar-refractivity contribution in [3.63, 3.8) is 0 Å². The molecule has 1 aromatic heterocycles. The molecule has 0 radical (unpaired) electrons. The molecule has 0 saturated carbocycles. The summed E-state index contributed by atoms with van der Waals surface area (Å²) in [5.74, 6) is -0.0571. The number of aryl methyl sites for hydroxylation is 1. The maximum absolute atomic E-state index is 11.4. The minimum absolute atomic E-state index is 0.00787. The average molecular weight is 289 g/mol. The molecule has 0 atom stereocenters. The summed E-state index contributed by atoms with van der Waals surface area (Å²) >= 11 is 1.73. The van der Waals surface area contributed by atoms with Crippen molar-refractivity contribution in [3.8, 4) is 0 Å². The Kier molecular flexibility index (Phi) is 6.35. The quantitative estimate of drug-likeness (QED) is 0.740. The second kappa shape index (κ2) is 7.53. The van der Waals surface area contributed by atoms with Gasteiger partial charge in [0.25, 0.3) is 0 Å². The maximum Gasteiger partial charge on any atom is 0.220 e. The van der Waals surface area contributed by atoms with E-state index in [2.05, 4.69) is 11.4 Å². The smallest absolute Gasteiger partial charge is 0.220 e. The van der Waals surface area contributed by atoms with Gasteiger partial charge in [0.05, 0.1) is 5.75 Å². The van der Waals surface area contributed by atoms with E-state index < -0.39 is 9.84 Å². The number of carbonyl (C=O) groups is 1. The third-order valence-electron chi connectivity index (χ3n) is 2.45. The number of unbranched alkanes of at least 4 members (excludes halogenated alkanes) is 1. The van der Waals surface area contributed by atoms with Crippen molar-refractivity contribution in [1.29, 1.82) is 0 Å². The summed E-state index contributed by atoms with van der Waals surface area (Å²) in [5, 5.41) is 4.67. The molecule has 0 saturated heterocycles. The Morgan fingerprint density at radius 1 is 1.39 bits per heavy atom. The van der Waals surface area contributed by atoms with Gasteiger partial charge in [0.1, 0.15) is 9.84 Å². The van der Waals surface area contributed by atoms with E-state index >= 15 is 0 Å². The van der Waals surface area contributed by atoms with Gasteiger partial charge in [-0.1, -0.05) is 6.07 Å². The molecule has 1 heterocycles. The zero-order valence-electron chi connectivity index (χ0n) is 10.5. The largest absolute Gasteiger partial charge is 0.355 e. The molecule has 0 spiro atoms. The van der Waals surface area contributed by atoms with Crippen molar-refractivity contribution >= 4 is 27.1 Å². The minimum Gasteiger partial charge on any atom is -0.355 e. The summed E-state index contributed by atoms with van der Waals surface area (Å²) in [4.78, 5) is 12.7. The Bertz CT molecular complexity index is 452. The zero-order valence-corrected chi connectivity index (χ0v) is 12.1. The molecule has 4 nitrogen and oxygen atoms in total. The first-order valence-electron chi connectivity index (χ1n) is 5.94. The average Bonchev–Trinajstić information content (AvgIpc) is 2.75. The highest BCUT2D eigenvalue weighted by Gasteiger charge is 2.04. The van der Waals surface area contributed by atoms with Gasteiger partial charge in [0, 0.05) is 24.1 Å². The summed E-state index contributed by atoms with van der Waals surface area (Å²) in [6.07, 6.45) is 4.46. The molecule has 0 aliphatic heterocycles. The lowest BCUT2D eigenvalue weighted by Crippen LogP contribution is -2.28. The van der Waals surface area contributed by atoms with Crippen LogP contribution in [0.5, 0.6) is 0 Å². The third-order valence-corrected chi connectivity index (χ3v) is 4.33. The molecule has 18 heavy (non-hydrogen) atoms. The number of nitrogens with one attached hydrogen (secondary N) is 1. The van der Waals surface area contributed by atoms with Crippen molar-refractivity contribution in [3.05, 3.63) is 22.4 Å². The Morgan fingerprint density at radius 3 is 2.78 bits per heavy atom. The molecule has 0 aromatic carbocycles. The van der Waals surface area contributed by atoms with Crippen LogP contribution in [-0.4, -0.2) is 32.9 Å². The first kappa shape index (κ1) is 15.2. The maximum atomic E-state index is 11.4. The zero-order chi connectivity index (χ0) is 13.4. The monoisotopic (exact) mass is 289 g/mol. The van der Waals surface area contributed by atoms with Crippen LogP contribution in [0.15, 0.2) is 17.5 Å². The molecule has 1 rings (SSSR count). The SMILES string of the molecule is CS(=O)(=O)CCNC(=O)CCCCc1cccs1. The van der Waals surface area contributed by atoms with Crippen molar-refractivity contribution in [1.82, 2.24) is 5.32 Å². The molecule has 0 fully saturated rings. The van der Waals surface area contributed by atoms with E-state index in [4.69, 9.17) is 0 Å². The highest BCUT2D eigenvalue weighted by atomic mass is 32.2. The van der Waals surface area contributed by atoms with Gasteiger partial charge in [-0.3, -0.25) is 4.79 Å². The van der Waals surface area contributed by atoms with Gasteiger partial charge in [0.2, 0.25) is 5.91 Å². The van der Waals surface area contributed by atoms with Gasteiger partial charge in [0.15, 0.2) is 0 Å². The van der Waals surface area contributed by atoms with Gasteiger partial charge in [-0.15, -0.1) is 11.3 Å². The number of thiophene rings is 1. The summed E-state index contributed by atoms with van der Waals surface area (Å²) in [6, 6.07) is 4.12. The van der Waals surface area contributed by atoms with E-state index in [9.17, 15) is 13.2 Å². The third kappa shape index (κ3) is 7.45. The van der Waals surface area contributed by atoms with E-state index in [1.807, 2.05) is 11.4 Å². The van der Waals surface area contributed by atoms with Crippen LogP contribution in [0.2, 0.25) is 0 Å². The van der Waals surface area contributed by atoms with E-state index in [0.717, 1.165) is 19.3 Å². The molecule has 0 aliphatic rings. The molecule has 6 heteroatoms. The predicted octanol–water partition coefficient (Wildman–Crippen LogP) is 1.62. The number of carbonyl (C=O) groups excluding carboxylic acids is 1. The number of sulfone groups is 1. The van der Waals surface area contributed by atoms with Crippen LogP contribution in [0.1, 0.15) is 24.1 Å². The Balaban J connectivity index is 2.03. The highest BCUT2D eigenvalue weighted by Crippen LogP contribution is 2.12. The molecule has 1 N–H and O–H groups in total. The lowest BCUT2D eigenvalue weighted by atomic mass is 10.1. The normalized spacial score (nSPS) is 11.4. The number of hydrogen-bond donors (Lipinski definition) is 1. The fourth-order valence-corrected chi connectivity index (χ4v) is 2.73. The lowest BCUT2D eigenvalue weighted by Gasteiger charge is -2.04. The van der Waals surface area contributed by atoms with Crippen molar-refractivity contribution < 1.29 is 13.2 Å². The first-order chi connectivity index (χ1) is 8.47. The second-order valence-electron chi connectivity index (χ2n) is 4.27. The Labute approximate surface area is 112 Å². The summed E-state index contributed by atoms with van der Waals surface area (Å²) in [6.45, 7) is 0.211. The molecule has 0 aliphatic carbocycles. The summed E-state index contributed by atoms with van der Waals surface area (Å²) < 4.78 is 21.7. The summed E-state index contributed by atoms with van der Waals surface area (Å²) in [5.41, 5.74) is 0. The topological polar surface area (TPSA) is 63.2 Å². The van der Waals surface area contributed by atoms with Crippen LogP contribution in [0.25, 0.3) is 0 Å². The van der Waals surface area contributed by atoms with Crippen LogP contribution in [-0.2, 0) is 21.1 Å². The fourth-order valence-electron chi connectivity index (χ4n) is 1.50. The Hall–Kier alpha value is -0.880. The van der Waals surface area contributed by atoms with Gasteiger partial charge < -0.3 is 5.32 Å². The Morgan fingerprint density at radius 2 is 2.17 bits per heavy atom. The van der Waals surface area contributed by atoms with Crippen molar-refractivity contribution in [2.45, 2.75) is 25.7 Å². The molecular formula is C12H19NO3S2. The van der Waals surface area contributed by atoms with Crippen LogP contribution < -0.4 is 5.32 Å². The van der Waals surface area contributed by atoms with E-state index in [-0.39, 0.29) is 18.2 Å². The number of hydrogen-bond acceptors (Lipinski definition) is 4. The van der Waals surface area contributed by atoms with Gasteiger partial charge in [-0.25, -0.2) is 8.42 Å². The van der Waals surface area contributed by atoms with E-state index in [1.165, 1.54) is 11.1 Å². The van der Waals surface area contributed by atoms with Crippen LogP contribution in [0.4, 0.5) is 0 Å². The van der Waals surface area contributed by atoms with Crippen LogP contribution in [0.3, 0.4) is 0 Å². The highest BCUT2D eigenvalue weighted by molar-refractivity contribution is 7.90. The molecule has 0 bridgehead atoms. The van der Waals surface area contributed by atoms with Crippen LogP contribution in [0, 0.1) is 0 Å². The van der Waals surface area contributed by atoms with Gasteiger partial charge in [-0.2, -0.15) is 0 Å². The van der Waals surface area contributed by atoms with Crippen molar-refractivity contribution in [2.75, 3.05) is 18.6 Å². The van der Waals surface area contributed by atoms with E-state index in [1.54, 1.807) is 11.3 Å². The molecular weight excluding hydrogens is 270 g/mol. The van der Waals surface area contributed by atoms with Crippen molar-refractivity contribution in [2.24, 2.45) is 0 Å². The minimum atomic E-state index is -2.99. The predicted molar refractivity (Wildman–Crippen MR) is 74.6 cm³/mol. The summed E-state index contributed by atoms with van der Waals surface area (Å²) in [7, 11) is -2.99. The molecule has 0 unspecified atom stereocenters. The first-order valence-corrected chi connectivity index (χ1v) is 8.88. The van der Waals surface area contributed by atoms with Gasteiger partial charge in [-0.05, 0) is 30.7 Å². The van der Waals surface area contributed by atoms with Gasteiger partial charge >= 0.3 is 0 Å². The fraction of sp³-hybridized carbons (Fsp3) is 0.583. The van der Waals surface area contributed by atoms with Crippen LogP contribution >= 0.6 is 11.3 Å². The lowest BCUT2D eigenvalue weighted by molar-refractivity contribution is -0.121. The second-order valence-corrected chi connectivity index (χ2v) is 7.56. The van der Waals surface area contributed by atoms with E-state index in [0.29, 0.717) is 6.42 Å². The number of rotatable bonds is 8. The standard InChI is InChI=1S/C12H19NO3S2/c1-18(15,16)10-8-13-12(14)7-3-2-5-11-6-4-9-17-11/h4,6,9H,2-3,5,7-8,10H2,1H3,(H,13,14). The molecule has 1 amide bonds. The number of amides is 1.